The highest BCUT2D eigenvalue weighted by Gasteiger charge is 2.36. The number of piperidine rings is 1. The predicted molar refractivity (Wildman–Crippen MR) is 95.9 cm³/mol. The standard InChI is InChI=1S/C17H23BFN3O4/c1-17(2,3)26-16(23)21-9-8-14(12(19)10-21)22-13-7-5-4-6-11(13)15(20-22)18(24)25/h4-7,12,14,24-25H,8-10H2,1-3H3/t12-,14+/m1/s1. The minimum Gasteiger partial charge on any atom is -0.444 e. The molecule has 0 saturated carbocycles. The molecule has 1 aliphatic rings. The molecular formula is C17H23BFN3O4. The first kappa shape index (κ1) is 18.7. The van der Waals surface area contributed by atoms with E-state index in [9.17, 15) is 19.2 Å². The first-order chi connectivity index (χ1) is 12.2. The Morgan fingerprint density at radius 2 is 2.04 bits per heavy atom. The van der Waals surface area contributed by atoms with E-state index in [2.05, 4.69) is 5.10 Å². The van der Waals surface area contributed by atoms with Crippen LogP contribution >= 0.6 is 0 Å². The van der Waals surface area contributed by atoms with Gasteiger partial charge in [-0.05, 0) is 33.3 Å². The molecule has 0 radical (unpaired) electrons. The second kappa shape index (κ2) is 6.88. The summed E-state index contributed by atoms with van der Waals surface area (Å²) in [6.45, 7) is 5.54. The monoisotopic (exact) mass is 363 g/mol. The second-order valence-electron chi connectivity index (χ2n) is 7.52. The summed E-state index contributed by atoms with van der Waals surface area (Å²) in [5.41, 5.74) is 0.0979. The molecule has 1 aromatic carbocycles. The van der Waals surface area contributed by atoms with Gasteiger partial charge in [-0.1, -0.05) is 18.2 Å². The summed E-state index contributed by atoms with van der Waals surface area (Å²) in [6.07, 6.45) is -1.52. The first-order valence-corrected chi connectivity index (χ1v) is 8.62. The number of amides is 1. The van der Waals surface area contributed by atoms with Crippen molar-refractivity contribution in [2.45, 2.75) is 45.0 Å². The maximum absolute atomic E-state index is 14.9. The Kier molecular flexibility index (Phi) is 4.94. The molecule has 2 aromatic rings. The molecule has 1 saturated heterocycles. The summed E-state index contributed by atoms with van der Waals surface area (Å²) < 4.78 is 21.7. The molecule has 2 atom stereocenters. The van der Waals surface area contributed by atoms with Crippen molar-refractivity contribution in [2.75, 3.05) is 13.1 Å². The van der Waals surface area contributed by atoms with Crippen LogP contribution in [-0.4, -0.2) is 62.8 Å². The number of nitrogens with zero attached hydrogens (tertiary/aromatic N) is 3. The van der Waals surface area contributed by atoms with Crippen LogP contribution in [0.25, 0.3) is 10.9 Å². The molecule has 26 heavy (non-hydrogen) atoms. The lowest BCUT2D eigenvalue weighted by Gasteiger charge is -2.35. The van der Waals surface area contributed by atoms with Crippen LogP contribution in [0, 0.1) is 0 Å². The largest absolute Gasteiger partial charge is 0.510 e. The summed E-state index contributed by atoms with van der Waals surface area (Å²) in [5, 5.41) is 23.9. The smallest absolute Gasteiger partial charge is 0.444 e. The third kappa shape index (κ3) is 3.68. The van der Waals surface area contributed by atoms with Gasteiger partial charge in [0.1, 0.15) is 17.4 Å². The molecule has 0 spiro atoms. The Labute approximate surface area is 151 Å². The molecule has 1 amide bonds. The van der Waals surface area contributed by atoms with Crippen LogP contribution < -0.4 is 5.59 Å². The van der Waals surface area contributed by atoms with Crippen LogP contribution in [0.3, 0.4) is 0 Å². The Morgan fingerprint density at radius 3 is 2.65 bits per heavy atom. The Balaban J connectivity index is 1.82. The van der Waals surface area contributed by atoms with Gasteiger partial charge < -0.3 is 19.7 Å². The number of hydrogen-bond donors (Lipinski definition) is 2. The number of likely N-dealkylation sites (tertiary alicyclic amines) is 1. The average molecular weight is 363 g/mol. The quantitative estimate of drug-likeness (QED) is 0.784. The van der Waals surface area contributed by atoms with Gasteiger partial charge in [-0.25, -0.2) is 9.18 Å². The number of hydrogen-bond acceptors (Lipinski definition) is 5. The van der Waals surface area contributed by atoms with E-state index in [1.54, 1.807) is 45.0 Å². The van der Waals surface area contributed by atoms with E-state index >= 15 is 0 Å². The van der Waals surface area contributed by atoms with E-state index in [4.69, 9.17) is 4.74 Å². The van der Waals surface area contributed by atoms with Crippen LogP contribution in [0.15, 0.2) is 24.3 Å². The molecule has 2 N–H and O–H groups in total. The highest BCUT2D eigenvalue weighted by Crippen LogP contribution is 2.29. The van der Waals surface area contributed by atoms with E-state index in [0.29, 0.717) is 23.9 Å². The van der Waals surface area contributed by atoms with Gasteiger partial charge in [0.25, 0.3) is 0 Å². The zero-order valence-electron chi connectivity index (χ0n) is 15.1. The van der Waals surface area contributed by atoms with Crippen LogP contribution in [0.5, 0.6) is 0 Å². The number of ether oxygens (including phenoxy) is 1. The molecule has 3 rings (SSSR count). The number of halogens is 1. The Morgan fingerprint density at radius 1 is 1.35 bits per heavy atom. The number of rotatable bonds is 2. The molecular weight excluding hydrogens is 340 g/mol. The minimum atomic E-state index is -1.74. The number of carbonyl (C=O) groups excluding carboxylic acids is 1. The van der Waals surface area contributed by atoms with E-state index in [1.165, 1.54) is 9.58 Å². The lowest BCUT2D eigenvalue weighted by Crippen LogP contribution is -2.47. The lowest BCUT2D eigenvalue weighted by atomic mass is 9.84. The van der Waals surface area contributed by atoms with Crippen molar-refractivity contribution in [3.63, 3.8) is 0 Å². The van der Waals surface area contributed by atoms with Gasteiger partial charge in [0.15, 0.2) is 0 Å². The van der Waals surface area contributed by atoms with Crippen LogP contribution in [0.2, 0.25) is 0 Å². The van der Waals surface area contributed by atoms with Crippen molar-refractivity contribution in [2.24, 2.45) is 0 Å². The zero-order valence-corrected chi connectivity index (χ0v) is 15.1. The van der Waals surface area contributed by atoms with Crippen molar-refractivity contribution >= 4 is 29.7 Å². The number of benzene rings is 1. The number of carbonyl (C=O) groups is 1. The van der Waals surface area contributed by atoms with E-state index in [0.717, 1.165) is 0 Å². The van der Waals surface area contributed by atoms with Gasteiger partial charge in [-0.2, -0.15) is 5.10 Å². The third-order valence-corrected chi connectivity index (χ3v) is 4.36. The maximum Gasteiger partial charge on any atom is 0.510 e. The van der Waals surface area contributed by atoms with Gasteiger partial charge in [-0.3, -0.25) is 4.68 Å². The molecule has 1 aliphatic heterocycles. The van der Waals surface area contributed by atoms with Crippen molar-refractivity contribution in [3.05, 3.63) is 24.3 Å². The fourth-order valence-corrected chi connectivity index (χ4v) is 3.22. The van der Waals surface area contributed by atoms with Crippen LogP contribution in [0.1, 0.15) is 33.2 Å². The first-order valence-electron chi connectivity index (χ1n) is 8.62. The van der Waals surface area contributed by atoms with E-state index in [-0.39, 0.29) is 12.1 Å². The number of aromatic nitrogens is 2. The number of fused-ring (bicyclic) bond motifs is 1. The van der Waals surface area contributed by atoms with Gasteiger partial charge >= 0.3 is 13.2 Å². The third-order valence-electron chi connectivity index (χ3n) is 4.36. The van der Waals surface area contributed by atoms with Gasteiger partial charge in [0.05, 0.1) is 18.1 Å². The Bertz CT molecular complexity index is 805. The van der Waals surface area contributed by atoms with Crippen molar-refractivity contribution in [3.8, 4) is 0 Å². The van der Waals surface area contributed by atoms with Crippen molar-refractivity contribution < 1.29 is 24.0 Å². The van der Waals surface area contributed by atoms with E-state index in [1.807, 2.05) is 0 Å². The summed E-state index contributed by atoms with van der Waals surface area (Å²) in [7, 11) is -1.74. The lowest BCUT2D eigenvalue weighted by molar-refractivity contribution is 0.00617. The van der Waals surface area contributed by atoms with Crippen molar-refractivity contribution in [1.29, 1.82) is 0 Å². The van der Waals surface area contributed by atoms with Crippen LogP contribution in [-0.2, 0) is 4.74 Å². The number of para-hydroxylation sites is 1. The summed E-state index contributed by atoms with van der Waals surface area (Å²) in [5.74, 6) is 0. The topological polar surface area (TPSA) is 87.8 Å². The zero-order chi connectivity index (χ0) is 19.1. The fraction of sp³-hybridized carbons (Fsp3) is 0.529. The van der Waals surface area contributed by atoms with Gasteiger partial charge in [-0.15, -0.1) is 0 Å². The van der Waals surface area contributed by atoms with Gasteiger partial charge in [0.2, 0.25) is 0 Å². The minimum absolute atomic E-state index is 0.0925. The molecule has 1 fully saturated rings. The maximum atomic E-state index is 14.9. The second-order valence-corrected chi connectivity index (χ2v) is 7.52. The van der Waals surface area contributed by atoms with Gasteiger partial charge in [0, 0.05) is 11.9 Å². The van der Waals surface area contributed by atoms with Crippen LogP contribution in [0.4, 0.5) is 9.18 Å². The summed E-state index contributed by atoms with van der Waals surface area (Å²) in [6, 6.07) is 6.44. The molecule has 1 aromatic heterocycles. The summed E-state index contributed by atoms with van der Waals surface area (Å²) >= 11 is 0. The molecule has 0 unspecified atom stereocenters. The highest BCUT2D eigenvalue weighted by molar-refractivity contribution is 6.60. The molecule has 140 valence electrons. The molecule has 9 heteroatoms. The normalized spacial score (nSPS) is 21.1. The predicted octanol–water partition coefficient (Wildman–Crippen LogP) is 1.24. The van der Waals surface area contributed by atoms with E-state index < -0.39 is 31.0 Å². The molecule has 0 bridgehead atoms. The van der Waals surface area contributed by atoms with Crippen molar-refractivity contribution in [1.82, 2.24) is 14.7 Å². The molecule has 2 heterocycles. The average Bonchev–Trinajstić information content (AvgIpc) is 2.93. The summed E-state index contributed by atoms with van der Waals surface area (Å²) in [4.78, 5) is 13.5. The molecule has 0 aliphatic carbocycles. The molecule has 7 nitrogen and oxygen atoms in total. The Hall–Kier alpha value is -2.13. The highest BCUT2D eigenvalue weighted by atomic mass is 19.1. The SMILES string of the molecule is CC(C)(C)OC(=O)N1CC[C@H](n2nc(B(O)O)c3ccccc32)[C@H](F)C1. The fourth-order valence-electron chi connectivity index (χ4n) is 3.22. The number of alkyl halides is 1.